The highest BCUT2D eigenvalue weighted by molar-refractivity contribution is 6.15. The first kappa shape index (κ1) is 36.2. The van der Waals surface area contributed by atoms with Crippen LogP contribution < -0.4 is 9.47 Å². The largest absolute Gasteiger partial charge is 0.497 e. The molecule has 7 rings (SSSR count). The van der Waals surface area contributed by atoms with Crippen LogP contribution in [0.5, 0.6) is 11.5 Å². The number of hydrogen-bond donors (Lipinski definition) is 0. The maximum absolute atomic E-state index is 16.7. The predicted octanol–water partition coefficient (Wildman–Crippen LogP) is 13.3. The predicted molar refractivity (Wildman–Crippen MR) is 195 cm³/mol. The van der Waals surface area contributed by atoms with Crippen molar-refractivity contribution in [2.24, 2.45) is 0 Å². The molecule has 2 heterocycles. The monoisotopic (exact) mass is 732 g/mol. The van der Waals surface area contributed by atoms with E-state index in [-0.39, 0.29) is 56.1 Å². The van der Waals surface area contributed by atoms with Crippen LogP contribution >= 0.6 is 0 Å². The lowest BCUT2D eigenvalue weighted by molar-refractivity contribution is -0.254. The Morgan fingerprint density at radius 1 is 0.547 bits per heavy atom. The number of benzene rings is 4. The van der Waals surface area contributed by atoms with E-state index >= 15 is 26.3 Å². The fourth-order valence-corrected chi connectivity index (χ4v) is 7.22. The minimum Gasteiger partial charge on any atom is -0.497 e. The van der Waals surface area contributed by atoms with Gasteiger partial charge in [0, 0.05) is 44.2 Å². The highest BCUT2D eigenvalue weighted by Crippen LogP contribution is 2.67. The Hall–Kier alpha value is -5.12. The molecule has 276 valence electrons. The lowest BCUT2D eigenvalue weighted by Crippen LogP contribution is -2.48. The van der Waals surface area contributed by atoms with Gasteiger partial charge in [0.2, 0.25) is 0 Å². The number of methoxy groups -OCH3 is 2. The molecule has 0 amide bonds. The van der Waals surface area contributed by atoms with E-state index in [9.17, 15) is 0 Å². The number of alkyl halides is 6. The SMILES string of the molecule is CCCCCCCCc1ccc(-c2oc3ccc(OC)cc3c2C2=C(c3c(-c4ccccc4)oc4ccc(OC)cc34)C(F)(F)C(F)(F)C2(F)F)cc1. The number of rotatable bonds is 13. The molecule has 0 unspecified atom stereocenters. The molecule has 0 saturated heterocycles. The molecule has 0 aliphatic heterocycles. The third-order valence-corrected chi connectivity index (χ3v) is 10.0. The van der Waals surface area contributed by atoms with Crippen molar-refractivity contribution in [2.75, 3.05) is 14.2 Å². The van der Waals surface area contributed by atoms with Gasteiger partial charge in [0.1, 0.15) is 34.2 Å². The fourth-order valence-electron chi connectivity index (χ4n) is 7.22. The van der Waals surface area contributed by atoms with Crippen LogP contribution in [-0.4, -0.2) is 32.0 Å². The second-order valence-corrected chi connectivity index (χ2v) is 13.4. The summed E-state index contributed by atoms with van der Waals surface area (Å²) in [5.74, 6) is -16.8. The number of unbranched alkanes of at least 4 members (excludes halogenated alkanes) is 5. The van der Waals surface area contributed by atoms with E-state index < -0.39 is 40.0 Å². The van der Waals surface area contributed by atoms with Crippen LogP contribution in [0.4, 0.5) is 26.3 Å². The van der Waals surface area contributed by atoms with Gasteiger partial charge in [-0.15, -0.1) is 0 Å². The van der Waals surface area contributed by atoms with Gasteiger partial charge in [0.15, 0.2) is 0 Å². The van der Waals surface area contributed by atoms with Gasteiger partial charge < -0.3 is 18.3 Å². The van der Waals surface area contributed by atoms with E-state index in [0.717, 1.165) is 37.7 Å². The van der Waals surface area contributed by atoms with Gasteiger partial charge in [-0.05, 0) is 54.8 Å². The molecule has 0 bridgehead atoms. The Kier molecular flexibility index (Phi) is 9.59. The summed E-state index contributed by atoms with van der Waals surface area (Å²) in [7, 11) is 2.69. The van der Waals surface area contributed by atoms with E-state index in [0.29, 0.717) is 0 Å². The zero-order valence-electron chi connectivity index (χ0n) is 29.5. The Morgan fingerprint density at radius 2 is 1.02 bits per heavy atom. The summed E-state index contributed by atoms with van der Waals surface area (Å²) in [6.45, 7) is 2.16. The van der Waals surface area contributed by atoms with Gasteiger partial charge in [-0.1, -0.05) is 93.6 Å². The van der Waals surface area contributed by atoms with Gasteiger partial charge in [-0.25, -0.2) is 0 Å². The average Bonchev–Trinajstić information content (AvgIpc) is 3.75. The third-order valence-electron chi connectivity index (χ3n) is 10.0. The van der Waals surface area contributed by atoms with Crippen LogP contribution in [0, 0.1) is 0 Å². The van der Waals surface area contributed by atoms with Crippen LogP contribution in [0.25, 0.3) is 55.7 Å². The quantitative estimate of drug-likeness (QED) is 0.0876. The lowest BCUT2D eigenvalue weighted by atomic mass is 9.89. The van der Waals surface area contributed by atoms with Gasteiger partial charge in [0.05, 0.1) is 14.2 Å². The highest BCUT2D eigenvalue weighted by Gasteiger charge is 2.81. The van der Waals surface area contributed by atoms with Crippen LogP contribution in [-0.2, 0) is 6.42 Å². The fraction of sp³-hybridized carbons (Fsp3) is 0.302. The minimum atomic E-state index is -5.85. The van der Waals surface area contributed by atoms with Gasteiger partial charge >= 0.3 is 17.8 Å². The molecule has 2 aromatic heterocycles. The summed E-state index contributed by atoms with van der Waals surface area (Å²) in [5, 5.41) is -0.197. The molecule has 1 aliphatic carbocycles. The Balaban J connectivity index is 1.51. The normalized spacial score (nSPS) is 16.2. The van der Waals surface area contributed by atoms with Crippen LogP contribution in [0.15, 0.2) is 99.8 Å². The first-order chi connectivity index (χ1) is 25.4. The summed E-state index contributed by atoms with van der Waals surface area (Å²) in [6, 6.07) is 23.3. The zero-order valence-corrected chi connectivity index (χ0v) is 29.5. The number of halogens is 6. The van der Waals surface area contributed by atoms with E-state index in [1.54, 1.807) is 30.3 Å². The van der Waals surface area contributed by atoms with Crippen LogP contribution in [0.1, 0.15) is 62.1 Å². The number of aryl methyl sites for hydroxylation is 1. The van der Waals surface area contributed by atoms with Crippen molar-refractivity contribution in [3.05, 3.63) is 108 Å². The number of hydrogen-bond acceptors (Lipinski definition) is 4. The molecular formula is C43H38F6O4. The van der Waals surface area contributed by atoms with Crippen molar-refractivity contribution in [3.8, 4) is 34.1 Å². The Morgan fingerprint density at radius 3 is 1.51 bits per heavy atom. The second-order valence-electron chi connectivity index (χ2n) is 13.4. The summed E-state index contributed by atoms with van der Waals surface area (Å²) in [6.07, 6.45) is 7.44. The average molecular weight is 733 g/mol. The zero-order chi connectivity index (χ0) is 37.5. The first-order valence-electron chi connectivity index (χ1n) is 17.7. The van der Waals surface area contributed by atoms with E-state index in [4.69, 9.17) is 18.3 Å². The molecule has 0 N–H and O–H groups in total. The molecule has 0 radical (unpaired) electrons. The van der Waals surface area contributed by atoms with Crippen molar-refractivity contribution < 1.29 is 44.7 Å². The van der Waals surface area contributed by atoms with Gasteiger partial charge in [-0.2, -0.15) is 26.3 Å². The minimum absolute atomic E-state index is 0.0146. The summed E-state index contributed by atoms with van der Waals surface area (Å²) >= 11 is 0. The third kappa shape index (κ3) is 6.05. The van der Waals surface area contributed by atoms with Crippen molar-refractivity contribution in [1.29, 1.82) is 0 Å². The van der Waals surface area contributed by atoms with E-state index in [1.807, 2.05) is 12.1 Å². The standard InChI is InChI=1S/C43H38F6O4/c1-4-5-6-7-8-10-13-26-16-18-28(19-17-26)40-36(32-25-30(51-3)21-23-34(32)53-40)38-37(41(44,45)43(48,49)42(38,46)47)35-31-24-29(50-2)20-22-33(31)52-39(35)27-14-11-9-12-15-27/h9,11-12,14-25H,4-8,10,13H2,1-3H3. The molecule has 6 aromatic rings. The second kappa shape index (κ2) is 14.0. The number of ether oxygens (including phenoxy) is 2. The molecule has 0 atom stereocenters. The van der Waals surface area contributed by atoms with Crippen molar-refractivity contribution in [1.82, 2.24) is 0 Å². The smallest absolute Gasteiger partial charge is 0.380 e. The van der Waals surface area contributed by atoms with Crippen molar-refractivity contribution >= 4 is 33.1 Å². The number of allylic oxidation sites excluding steroid dienone is 2. The number of fused-ring (bicyclic) bond motifs is 2. The Labute approximate surface area is 303 Å². The number of furan rings is 2. The molecule has 53 heavy (non-hydrogen) atoms. The van der Waals surface area contributed by atoms with E-state index in [1.165, 1.54) is 75.6 Å². The Bertz CT molecular complexity index is 2280. The van der Waals surface area contributed by atoms with Gasteiger partial charge in [-0.3, -0.25) is 0 Å². The van der Waals surface area contributed by atoms with Crippen molar-refractivity contribution in [2.45, 2.75) is 69.6 Å². The molecule has 0 spiro atoms. The molecule has 0 fully saturated rings. The molecule has 1 aliphatic rings. The molecule has 4 aromatic carbocycles. The maximum Gasteiger partial charge on any atom is 0.380 e. The maximum atomic E-state index is 16.7. The summed E-state index contributed by atoms with van der Waals surface area (Å²) in [5.41, 5.74) is -2.81. The van der Waals surface area contributed by atoms with Crippen LogP contribution in [0.3, 0.4) is 0 Å². The lowest BCUT2D eigenvalue weighted by Gasteiger charge is -2.26. The van der Waals surface area contributed by atoms with Gasteiger partial charge in [0.25, 0.3) is 0 Å². The summed E-state index contributed by atoms with van der Waals surface area (Å²) < 4.78 is 121. The molecule has 0 saturated carbocycles. The molecular weight excluding hydrogens is 694 g/mol. The molecule has 10 heteroatoms. The summed E-state index contributed by atoms with van der Waals surface area (Å²) in [4.78, 5) is 0. The highest BCUT2D eigenvalue weighted by atomic mass is 19.3. The van der Waals surface area contributed by atoms with Crippen molar-refractivity contribution in [3.63, 3.8) is 0 Å². The first-order valence-corrected chi connectivity index (χ1v) is 17.7. The topological polar surface area (TPSA) is 44.7 Å². The molecule has 4 nitrogen and oxygen atoms in total. The van der Waals surface area contributed by atoms with E-state index in [2.05, 4.69) is 6.92 Å². The van der Waals surface area contributed by atoms with Crippen LogP contribution in [0.2, 0.25) is 0 Å².